The summed E-state index contributed by atoms with van der Waals surface area (Å²) in [6.07, 6.45) is 0.100. The molecule has 1 atom stereocenters. The van der Waals surface area contributed by atoms with Crippen LogP contribution in [0.25, 0.3) is 0 Å². The van der Waals surface area contributed by atoms with Gasteiger partial charge >= 0.3 is 0 Å². The van der Waals surface area contributed by atoms with Crippen LogP contribution >= 0.6 is 0 Å². The van der Waals surface area contributed by atoms with Gasteiger partial charge in [0.05, 0.1) is 26.3 Å². The third-order valence-corrected chi connectivity index (χ3v) is 3.89. The molecule has 3 rings (SSSR count). The molecule has 2 aromatic rings. The van der Waals surface area contributed by atoms with E-state index in [2.05, 4.69) is 5.32 Å². The van der Waals surface area contributed by atoms with Crippen LogP contribution in [-0.2, 0) is 9.59 Å². The third-order valence-electron chi connectivity index (χ3n) is 3.89. The smallest absolute Gasteiger partial charge is 0.256 e. The summed E-state index contributed by atoms with van der Waals surface area (Å²) in [5, 5.41) is 3.10. The number of carbonyl (C=O) groups excluding carboxylic acids is 2. The van der Waals surface area contributed by atoms with E-state index in [1.165, 1.54) is 12.0 Å². The van der Waals surface area contributed by atoms with E-state index >= 15 is 0 Å². The van der Waals surface area contributed by atoms with Gasteiger partial charge in [-0.1, -0.05) is 18.2 Å². The zero-order valence-corrected chi connectivity index (χ0v) is 13.5. The van der Waals surface area contributed by atoms with Crippen molar-refractivity contribution in [2.24, 2.45) is 0 Å². The molecule has 2 aromatic carbocycles. The number of hydrogen-bond donors (Lipinski definition) is 1. The Morgan fingerprint density at radius 3 is 2.46 bits per heavy atom. The molecule has 1 saturated heterocycles. The summed E-state index contributed by atoms with van der Waals surface area (Å²) >= 11 is 0. The van der Waals surface area contributed by atoms with Crippen LogP contribution in [0.15, 0.2) is 48.5 Å². The van der Waals surface area contributed by atoms with E-state index in [0.717, 1.165) is 5.69 Å². The number of nitrogens with one attached hydrogen (secondary N) is 1. The van der Waals surface area contributed by atoms with Crippen LogP contribution in [0.5, 0.6) is 11.5 Å². The number of benzene rings is 2. The maximum Gasteiger partial charge on any atom is 0.256 e. The second-order valence-electron chi connectivity index (χ2n) is 5.37. The minimum atomic E-state index is -0.591. The van der Waals surface area contributed by atoms with Gasteiger partial charge < -0.3 is 14.8 Å². The van der Waals surface area contributed by atoms with Crippen molar-refractivity contribution in [3.63, 3.8) is 0 Å². The van der Waals surface area contributed by atoms with Gasteiger partial charge in [0.25, 0.3) is 5.91 Å². The molecule has 1 fully saturated rings. The van der Waals surface area contributed by atoms with Crippen molar-refractivity contribution < 1.29 is 19.1 Å². The molecule has 6 heteroatoms. The average Bonchev–Trinajstić information content (AvgIpc) is 2.89. The second kappa shape index (κ2) is 6.62. The van der Waals surface area contributed by atoms with Gasteiger partial charge in [-0.3, -0.25) is 9.59 Å². The number of rotatable bonds is 5. The van der Waals surface area contributed by atoms with E-state index in [1.807, 2.05) is 30.3 Å². The number of anilines is 2. The summed E-state index contributed by atoms with van der Waals surface area (Å²) < 4.78 is 10.5. The molecule has 0 bridgehead atoms. The van der Waals surface area contributed by atoms with Crippen LogP contribution < -0.4 is 19.7 Å². The van der Waals surface area contributed by atoms with E-state index in [4.69, 9.17) is 9.47 Å². The van der Waals surface area contributed by atoms with Crippen molar-refractivity contribution in [2.75, 3.05) is 24.4 Å². The van der Waals surface area contributed by atoms with Gasteiger partial charge in [0.15, 0.2) is 0 Å². The number of nitrogens with zero attached hydrogens (tertiary/aromatic N) is 1. The monoisotopic (exact) mass is 326 g/mol. The van der Waals surface area contributed by atoms with Crippen molar-refractivity contribution >= 4 is 23.2 Å². The average molecular weight is 326 g/mol. The minimum Gasteiger partial charge on any atom is -0.497 e. The van der Waals surface area contributed by atoms with Gasteiger partial charge in [-0.2, -0.15) is 0 Å². The van der Waals surface area contributed by atoms with Crippen LogP contribution in [0.3, 0.4) is 0 Å². The lowest BCUT2D eigenvalue weighted by atomic mass is 10.2. The molecular weight excluding hydrogens is 308 g/mol. The highest BCUT2D eigenvalue weighted by atomic mass is 16.5. The Hall–Kier alpha value is -3.02. The molecule has 6 nitrogen and oxygen atoms in total. The van der Waals surface area contributed by atoms with E-state index in [1.54, 1.807) is 25.3 Å². The zero-order valence-electron chi connectivity index (χ0n) is 13.5. The predicted molar refractivity (Wildman–Crippen MR) is 90.5 cm³/mol. The highest BCUT2D eigenvalue weighted by molar-refractivity contribution is 6.23. The SMILES string of the molecule is COc1ccc(N2C(=O)C[C@H](Nc3ccccc3)C2=O)c(OC)c1. The van der Waals surface area contributed by atoms with Crippen LogP contribution in [0.2, 0.25) is 0 Å². The lowest BCUT2D eigenvalue weighted by molar-refractivity contribution is -0.121. The van der Waals surface area contributed by atoms with Gasteiger partial charge in [0, 0.05) is 11.8 Å². The molecule has 1 aliphatic rings. The van der Waals surface area contributed by atoms with E-state index in [0.29, 0.717) is 17.2 Å². The molecule has 0 spiro atoms. The minimum absolute atomic E-state index is 0.100. The first kappa shape index (κ1) is 15.9. The first-order valence-electron chi connectivity index (χ1n) is 7.54. The lowest BCUT2D eigenvalue weighted by Gasteiger charge is -2.19. The van der Waals surface area contributed by atoms with Crippen LogP contribution in [0.4, 0.5) is 11.4 Å². The molecule has 2 amide bonds. The quantitative estimate of drug-likeness (QED) is 0.855. The molecule has 0 radical (unpaired) electrons. The molecule has 0 unspecified atom stereocenters. The molecule has 1 heterocycles. The molecule has 0 saturated carbocycles. The zero-order chi connectivity index (χ0) is 17.1. The maximum absolute atomic E-state index is 12.7. The first-order chi connectivity index (χ1) is 11.6. The van der Waals surface area contributed by atoms with Gasteiger partial charge in [-0.05, 0) is 24.3 Å². The molecule has 1 aliphatic heterocycles. The van der Waals surface area contributed by atoms with Gasteiger partial charge in [0.1, 0.15) is 17.5 Å². The number of methoxy groups -OCH3 is 2. The molecule has 1 N–H and O–H groups in total. The van der Waals surface area contributed by atoms with Crippen molar-refractivity contribution in [3.8, 4) is 11.5 Å². The number of carbonyl (C=O) groups is 2. The van der Waals surface area contributed by atoms with E-state index in [-0.39, 0.29) is 18.2 Å². The molecule has 24 heavy (non-hydrogen) atoms. The van der Waals surface area contributed by atoms with Crippen molar-refractivity contribution in [1.29, 1.82) is 0 Å². The molecular formula is C18H18N2O4. The predicted octanol–water partition coefficient (Wildman–Crippen LogP) is 2.45. The Balaban J connectivity index is 1.87. The molecule has 0 aromatic heterocycles. The Morgan fingerprint density at radius 2 is 1.79 bits per heavy atom. The Kier molecular flexibility index (Phi) is 4.37. The highest BCUT2D eigenvalue weighted by Crippen LogP contribution is 2.35. The first-order valence-corrected chi connectivity index (χ1v) is 7.54. The highest BCUT2D eigenvalue weighted by Gasteiger charge is 2.40. The number of imide groups is 1. The van der Waals surface area contributed by atoms with Gasteiger partial charge in [0.2, 0.25) is 5.91 Å². The Bertz CT molecular complexity index is 761. The van der Waals surface area contributed by atoms with Crippen molar-refractivity contribution in [1.82, 2.24) is 0 Å². The summed E-state index contributed by atoms with van der Waals surface area (Å²) in [7, 11) is 3.03. The van der Waals surface area contributed by atoms with Crippen LogP contribution in [-0.4, -0.2) is 32.1 Å². The maximum atomic E-state index is 12.7. The molecule has 0 aliphatic carbocycles. The number of para-hydroxylation sites is 1. The molecule has 124 valence electrons. The van der Waals surface area contributed by atoms with Crippen molar-refractivity contribution in [2.45, 2.75) is 12.5 Å². The van der Waals surface area contributed by atoms with Gasteiger partial charge in [-0.15, -0.1) is 0 Å². The summed E-state index contributed by atoms with van der Waals surface area (Å²) in [5.74, 6) is 0.439. The topological polar surface area (TPSA) is 67.9 Å². The van der Waals surface area contributed by atoms with E-state index < -0.39 is 6.04 Å². The normalized spacial score (nSPS) is 17.1. The number of hydrogen-bond acceptors (Lipinski definition) is 5. The fourth-order valence-corrected chi connectivity index (χ4v) is 2.70. The number of amides is 2. The largest absolute Gasteiger partial charge is 0.497 e. The van der Waals surface area contributed by atoms with Crippen LogP contribution in [0, 0.1) is 0 Å². The fourth-order valence-electron chi connectivity index (χ4n) is 2.70. The standard InChI is InChI=1S/C18H18N2O4/c1-23-13-8-9-15(16(10-13)24-2)20-17(21)11-14(18(20)22)19-12-6-4-3-5-7-12/h3-10,14,19H,11H2,1-2H3/t14-/m0/s1. The van der Waals surface area contributed by atoms with Crippen LogP contribution in [0.1, 0.15) is 6.42 Å². The second-order valence-corrected chi connectivity index (χ2v) is 5.37. The Morgan fingerprint density at radius 1 is 1.04 bits per heavy atom. The summed E-state index contributed by atoms with van der Waals surface area (Å²) in [4.78, 5) is 26.3. The van der Waals surface area contributed by atoms with Gasteiger partial charge in [-0.25, -0.2) is 4.90 Å². The summed E-state index contributed by atoms with van der Waals surface area (Å²) in [5.41, 5.74) is 1.22. The van der Waals surface area contributed by atoms with E-state index in [9.17, 15) is 9.59 Å². The Labute approximate surface area is 140 Å². The van der Waals surface area contributed by atoms with Crippen molar-refractivity contribution in [3.05, 3.63) is 48.5 Å². The fraction of sp³-hybridized carbons (Fsp3) is 0.222. The summed E-state index contributed by atoms with van der Waals surface area (Å²) in [6.45, 7) is 0. The number of ether oxygens (including phenoxy) is 2. The summed E-state index contributed by atoms with van der Waals surface area (Å²) in [6, 6.07) is 13.7. The lowest BCUT2D eigenvalue weighted by Crippen LogP contribution is -2.35. The third kappa shape index (κ3) is 2.90.